The van der Waals surface area contributed by atoms with Crippen LogP contribution in [-0.4, -0.2) is 25.8 Å². The average molecular weight is 368 g/mol. The molecule has 1 N–H and O–H groups in total. The number of carbonyl (C=O) groups excluding carboxylic acids is 1. The predicted molar refractivity (Wildman–Crippen MR) is 102 cm³/mol. The first kappa shape index (κ1) is 16.1. The maximum Gasteiger partial charge on any atom is 0.233 e. The summed E-state index contributed by atoms with van der Waals surface area (Å²) in [5.74, 6) is -0.00913. The topological polar surface area (TPSA) is 59.3 Å². The first-order chi connectivity index (χ1) is 12.2. The molecule has 0 unspecified atom stereocenters. The van der Waals surface area contributed by atoms with Gasteiger partial charge in [-0.2, -0.15) is 0 Å². The lowest BCUT2D eigenvalue weighted by molar-refractivity contribution is -0.120. The second-order valence-electron chi connectivity index (χ2n) is 5.63. The van der Waals surface area contributed by atoms with Crippen LogP contribution in [0.15, 0.2) is 59.8 Å². The average Bonchev–Trinajstić information content (AvgIpc) is 3.20. The van der Waals surface area contributed by atoms with Gasteiger partial charge in [0.05, 0.1) is 15.5 Å². The molecule has 4 aromatic rings. The minimum atomic E-state index is -0.255. The first-order valence-corrected chi connectivity index (χ1v) is 9.63. The van der Waals surface area contributed by atoms with E-state index in [1.54, 1.807) is 11.3 Å². The molecule has 7 heteroatoms. The van der Waals surface area contributed by atoms with Crippen LogP contribution in [-0.2, 0) is 11.3 Å². The maximum atomic E-state index is 12.4. The summed E-state index contributed by atoms with van der Waals surface area (Å²) in [5.41, 5.74) is 2.16. The number of fused-ring (bicyclic) bond motifs is 3. The second-order valence-corrected chi connectivity index (χ2v) is 7.95. The Hall–Kier alpha value is -2.38. The second kappa shape index (κ2) is 6.85. The van der Waals surface area contributed by atoms with Crippen LogP contribution in [0.3, 0.4) is 0 Å². The van der Waals surface area contributed by atoms with Crippen molar-refractivity contribution < 1.29 is 4.79 Å². The first-order valence-electron chi connectivity index (χ1n) is 7.93. The van der Waals surface area contributed by atoms with Crippen molar-refractivity contribution in [3.05, 3.63) is 60.2 Å². The Morgan fingerprint density at radius 3 is 2.76 bits per heavy atom. The van der Waals surface area contributed by atoms with Gasteiger partial charge in [-0.05, 0) is 24.6 Å². The lowest BCUT2D eigenvalue weighted by Crippen LogP contribution is -2.30. The lowest BCUT2D eigenvalue weighted by atomic mass is 10.2. The van der Waals surface area contributed by atoms with E-state index in [0.717, 1.165) is 25.9 Å². The van der Waals surface area contributed by atoms with Crippen LogP contribution in [0.25, 0.3) is 15.2 Å². The van der Waals surface area contributed by atoms with Crippen LogP contribution in [0.4, 0.5) is 0 Å². The third-order valence-corrected chi connectivity index (χ3v) is 5.93. The Balaban J connectivity index is 1.49. The molecule has 0 aliphatic rings. The number of carbonyl (C=O) groups is 1. The maximum absolute atomic E-state index is 12.4. The SMILES string of the molecule is C[C@@H](Sc1nnc2sc3ccccc3n12)C(=O)NCc1ccccc1. The number of rotatable bonds is 5. The number of thiazole rings is 1. The monoisotopic (exact) mass is 368 g/mol. The highest BCUT2D eigenvalue weighted by atomic mass is 32.2. The molecule has 4 rings (SSSR count). The van der Waals surface area contributed by atoms with Gasteiger partial charge < -0.3 is 5.32 Å². The summed E-state index contributed by atoms with van der Waals surface area (Å²) in [4.78, 5) is 13.2. The molecule has 2 aromatic heterocycles. The van der Waals surface area contributed by atoms with Crippen molar-refractivity contribution in [1.82, 2.24) is 19.9 Å². The van der Waals surface area contributed by atoms with E-state index < -0.39 is 0 Å². The number of nitrogens with zero attached hydrogens (tertiary/aromatic N) is 3. The van der Waals surface area contributed by atoms with Crippen molar-refractivity contribution in [1.29, 1.82) is 0 Å². The van der Waals surface area contributed by atoms with E-state index in [-0.39, 0.29) is 11.2 Å². The lowest BCUT2D eigenvalue weighted by Gasteiger charge is -2.11. The van der Waals surface area contributed by atoms with Crippen LogP contribution in [0.5, 0.6) is 0 Å². The summed E-state index contributed by atoms with van der Waals surface area (Å²) in [6.07, 6.45) is 0. The van der Waals surface area contributed by atoms with Gasteiger partial charge >= 0.3 is 0 Å². The Morgan fingerprint density at radius 1 is 1.16 bits per heavy atom. The van der Waals surface area contributed by atoms with E-state index in [4.69, 9.17) is 0 Å². The van der Waals surface area contributed by atoms with Crippen LogP contribution in [0.1, 0.15) is 12.5 Å². The molecule has 0 saturated carbocycles. The van der Waals surface area contributed by atoms with Gasteiger partial charge in [0.15, 0.2) is 5.16 Å². The van der Waals surface area contributed by atoms with E-state index in [1.165, 1.54) is 11.8 Å². The zero-order chi connectivity index (χ0) is 17.2. The van der Waals surface area contributed by atoms with E-state index in [2.05, 4.69) is 21.6 Å². The molecule has 0 aliphatic carbocycles. The minimum absolute atomic E-state index is 0.00913. The molecule has 126 valence electrons. The van der Waals surface area contributed by atoms with Crippen LogP contribution < -0.4 is 5.32 Å². The number of benzene rings is 2. The molecule has 5 nitrogen and oxygen atoms in total. The number of nitrogens with one attached hydrogen (secondary N) is 1. The molecule has 2 aromatic carbocycles. The number of para-hydroxylation sites is 1. The number of amides is 1. The third kappa shape index (κ3) is 3.25. The van der Waals surface area contributed by atoms with Crippen molar-refractivity contribution in [3.63, 3.8) is 0 Å². The molecular weight excluding hydrogens is 352 g/mol. The highest BCUT2D eigenvalue weighted by molar-refractivity contribution is 8.00. The highest BCUT2D eigenvalue weighted by Crippen LogP contribution is 2.31. The molecule has 0 radical (unpaired) electrons. The predicted octanol–water partition coefficient (Wildman–Crippen LogP) is 3.74. The largest absolute Gasteiger partial charge is 0.351 e. The summed E-state index contributed by atoms with van der Waals surface area (Å²) in [7, 11) is 0. The molecule has 0 aliphatic heterocycles. The minimum Gasteiger partial charge on any atom is -0.351 e. The Labute approximate surface area is 153 Å². The van der Waals surface area contributed by atoms with Crippen LogP contribution in [0, 0.1) is 0 Å². The number of hydrogen-bond donors (Lipinski definition) is 1. The zero-order valence-electron chi connectivity index (χ0n) is 13.5. The van der Waals surface area contributed by atoms with Gasteiger partial charge in [-0.15, -0.1) is 10.2 Å². The summed E-state index contributed by atoms with van der Waals surface area (Å²) in [5, 5.41) is 12.0. The van der Waals surface area contributed by atoms with Gasteiger partial charge in [0.1, 0.15) is 0 Å². The smallest absolute Gasteiger partial charge is 0.233 e. The van der Waals surface area contributed by atoms with Crippen molar-refractivity contribution in [2.45, 2.75) is 23.9 Å². The molecular formula is C18H16N4OS2. The fraction of sp³-hybridized carbons (Fsp3) is 0.167. The Morgan fingerprint density at radius 2 is 1.92 bits per heavy atom. The van der Waals surface area contributed by atoms with E-state index in [0.29, 0.717) is 6.54 Å². The van der Waals surface area contributed by atoms with Crippen molar-refractivity contribution in [2.24, 2.45) is 0 Å². The molecule has 0 saturated heterocycles. The molecule has 0 spiro atoms. The van der Waals surface area contributed by atoms with Crippen molar-refractivity contribution >= 4 is 44.2 Å². The molecule has 1 amide bonds. The van der Waals surface area contributed by atoms with Gasteiger partial charge in [-0.1, -0.05) is 65.6 Å². The quantitative estimate of drug-likeness (QED) is 0.545. The molecule has 0 fully saturated rings. The van der Waals surface area contributed by atoms with E-state index in [9.17, 15) is 4.79 Å². The van der Waals surface area contributed by atoms with Crippen LogP contribution in [0.2, 0.25) is 0 Å². The molecule has 0 bridgehead atoms. The normalized spacial score (nSPS) is 12.5. The number of aromatic nitrogens is 3. The van der Waals surface area contributed by atoms with Gasteiger partial charge in [-0.3, -0.25) is 9.20 Å². The summed E-state index contributed by atoms with van der Waals surface area (Å²) < 4.78 is 3.18. The van der Waals surface area contributed by atoms with Gasteiger partial charge in [0, 0.05) is 6.54 Å². The summed E-state index contributed by atoms with van der Waals surface area (Å²) in [6.45, 7) is 2.42. The summed E-state index contributed by atoms with van der Waals surface area (Å²) in [6, 6.07) is 18.0. The standard InChI is InChI=1S/C18H16N4OS2/c1-12(16(23)19-11-13-7-3-2-4-8-13)24-17-20-21-18-22(17)14-9-5-6-10-15(14)25-18/h2-10,12H,11H2,1H3,(H,19,23)/t12-/m1/s1. The fourth-order valence-electron chi connectivity index (χ4n) is 2.57. The Kier molecular flexibility index (Phi) is 4.42. The molecule has 2 heterocycles. The van der Waals surface area contributed by atoms with Gasteiger partial charge in [-0.25, -0.2) is 0 Å². The third-order valence-electron chi connectivity index (χ3n) is 3.87. The van der Waals surface area contributed by atoms with Crippen LogP contribution >= 0.6 is 23.1 Å². The summed E-state index contributed by atoms with van der Waals surface area (Å²) >= 11 is 3.03. The number of hydrogen-bond acceptors (Lipinski definition) is 5. The van der Waals surface area contributed by atoms with Crippen molar-refractivity contribution in [3.8, 4) is 0 Å². The molecule has 25 heavy (non-hydrogen) atoms. The molecule has 1 atom stereocenters. The Bertz CT molecular complexity index is 1030. The van der Waals surface area contributed by atoms with Crippen molar-refractivity contribution in [2.75, 3.05) is 0 Å². The van der Waals surface area contributed by atoms with Gasteiger partial charge in [0.2, 0.25) is 10.9 Å². The fourth-order valence-corrected chi connectivity index (χ4v) is 4.48. The van der Waals surface area contributed by atoms with Gasteiger partial charge in [0.25, 0.3) is 0 Å². The van der Waals surface area contributed by atoms with E-state index >= 15 is 0 Å². The zero-order valence-corrected chi connectivity index (χ0v) is 15.2. The van der Waals surface area contributed by atoms with E-state index in [1.807, 2.05) is 59.9 Å². The highest BCUT2D eigenvalue weighted by Gasteiger charge is 2.19. The number of thioether (sulfide) groups is 1.